The largest absolute Gasteiger partial charge is 0.349 e. The van der Waals surface area contributed by atoms with E-state index in [0.717, 1.165) is 12.8 Å². The van der Waals surface area contributed by atoms with Crippen LogP contribution in [0.4, 0.5) is 0 Å². The second-order valence-electron chi connectivity index (χ2n) is 5.25. The smallest absolute Gasteiger partial charge is 0.220 e. The van der Waals surface area contributed by atoms with Gasteiger partial charge in [0.25, 0.3) is 0 Å². The van der Waals surface area contributed by atoms with Crippen molar-refractivity contribution in [1.29, 1.82) is 0 Å². The summed E-state index contributed by atoms with van der Waals surface area (Å²) in [5, 5.41) is 2.90. The zero-order valence-corrected chi connectivity index (χ0v) is 13.2. The molecule has 0 atom stereocenters. The van der Waals surface area contributed by atoms with Crippen LogP contribution in [0.25, 0.3) is 0 Å². The third kappa shape index (κ3) is 9.04. The van der Waals surface area contributed by atoms with Gasteiger partial charge in [0.15, 0.2) is 0 Å². The van der Waals surface area contributed by atoms with Gasteiger partial charge < -0.3 is 5.32 Å². The van der Waals surface area contributed by atoms with Crippen LogP contribution in [0.2, 0.25) is 0 Å². The molecular formula is C14H27Cl2NO. The molecule has 18 heavy (non-hydrogen) atoms. The molecule has 0 bridgehead atoms. The quantitative estimate of drug-likeness (QED) is 0.442. The standard InChI is InChI=1S/C14H27Cl2NO/c1-3-4-5-6-7-8-9-10-13(18)17-14(2,11-15)12-16/h3-12H2,1-2H3,(H,17,18). The van der Waals surface area contributed by atoms with E-state index in [9.17, 15) is 4.79 Å². The van der Waals surface area contributed by atoms with E-state index in [2.05, 4.69) is 12.2 Å². The molecule has 0 aliphatic heterocycles. The normalized spacial score (nSPS) is 11.6. The number of carbonyl (C=O) groups is 1. The van der Waals surface area contributed by atoms with Crippen LogP contribution in [0.3, 0.4) is 0 Å². The Morgan fingerprint density at radius 1 is 1.00 bits per heavy atom. The fraction of sp³-hybridized carbons (Fsp3) is 0.929. The summed E-state index contributed by atoms with van der Waals surface area (Å²) >= 11 is 11.6. The average Bonchev–Trinajstić information content (AvgIpc) is 2.37. The topological polar surface area (TPSA) is 29.1 Å². The molecule has 0 aliphatic rings. The fourth-order valence-electron chi connectivity index (χ4n) is 1.74. The van der Waals surface area contributed by atoms with Crippen LogP contribution in [-0.4, -0.2) is 23.2 Å². The number of nitrogens with one attached hydrogen (secondary N) is 1. The molecule has 4 heteroatoms. The van der Waals surface area contributed by atoms with Crippen molar-refractivity contribution in [2.24, 2.45) is 0 Å². The highest BCUT2D eigenvalue weighted by atomic mass is 35.5. The van der Waals surface area contributed by atoms with Gasteiger partial charge in [0.05, 0.1) is 5.54 Å². The second-order valence-corrected chi connectivity index (χ2v) is 5.78. The molecule has 0 aliphatic carbocycles. The van der Waals surface area contributed by atoms with Gasteiger partial charge in [-0.15, -0.1) is 23.2 Å². The Morgan fingerprint density at radius 2 is 1.50 bits per heavy atom. The van der Waals surface area contributed by atoms with E-state index in [1.54, 1.807) is 0 Å². The molecule has 0 saturated carbocycles. The summed E-state index contributed by atoms with van der Waals surface area (Å²) in [4.78, 5) is 11.7. The van der Waals surface area contributed by atoms with Crippen LogP contribution in [-0.2, 0) is 4.79 Å². The Balaban J connectivity index is 3.53. The van der Waals surface area contributed by atoms with Crippen molar-refractivity contribution < 1.29 is 4.79 Å². The maximum absolute atomic E-state index is 11.7. The lowest BCUT2D eigenvalue weighted by Gasteiger charge is -2.25. The molecule has 0 aromatic rings. The van der Waals surface area contributed by atoms with E-state index < -0.39 is 5.54 Å². The van der Waals surface area contributed by atoms with Gasteiger partial charge in [-0.1, -0.05) is 45.4 Å². The number of amides is 1. The van der Waals surface area contributed by atoms with Gasteiger partial charge in [-0.3, -0.25) is 4.79 Å². The predicted octanol–water partition coefficient (Wildman–Crippen LogP) is 4.48. The van der Waals surface area contributed by atoms with E-state index >= 15 is 0 Å². The third-order valence-corrected chi connectivity index (χ3v) is 4.22. The highest BCUT2D eigenvalue weighted by Crippen LogP contribution is 2.11. The van der Waals surface area contributed by atoms with Crippen LogP contribution in [0, 0.1) is 0 Å². The highest BCUT2D eigenvalue weighted by molar-refractivity contribution is 6.22. The van der Waals surface area contributed by atoms with Crippen molar-refractivity contribution in [3.63, 3.8) is 0 Å². The summed E-state index contributed by atoms with van der Waals surface area (Å²) < 4.78 is 0. The van der Waals surface area contributed by atoms with Crippen molar-refractivity contribution >= 4 is 29.1 Å². The Labute approximate surface area is 122 Å². The zero-order chi connectivity index (χ0) is 13.9. The molecule has 1 amide bonds. The van der Waals surface area contributed by atoms with Crippen LogP contribution in [0.5, 0.6) is 0 Å². The molecule has 0 spiro atoms. The van der Waals surface area contributed by atoms with Gasteiger partial charge in [0.1, 0.15) is 0 Å². The molecule has 0 aromatic carbocycles. The Kier molecular flexibility index (Phi) is 11.0. The molecule has 0 radical (unpaired) electrons. The lowest BCUT2D eigenvalue weighted by Crippen LogP contribution is -2.49. The Morgan fingerprint density at radius 3 is 2.00 bits per heavy atom. The van der Waals surface area contributed by atoms with Crippen LogP contribution < -0.4 is 5.32 Å². The second kappa shape index (κ2) is 10.9. The number of alkyl halides is 2. The van der Waals surface area contributed by atoms with E-state index in [1.165, 1.54) is 32.1 Å². The first-order chi connectivity index (χ1) is 8.58. The first-order valence-electron chi connectivity index (χ1n) is 7.01. The maximum atomic E-state index is 11.7. The Bertz CT molecular complexity index is 218. The molecule has 0 heterocycles. The summed E-state index contributed by atoms with van der Waals surface area (Å²) in [5.41, 5.74) is -0.471. The number of rotatable bonds is 11. The van der Waals surface area contributed by atoms with Crippen LogP contribution in [0.15, 0.2) is 0 Å². The Hall–Kier alpha value is 0.0500. The van der Waals surface area contributed by atoms with Crippen molar-refractivity contribution in [3.8, 4) is 0 Å². The minimum Gasteiger partial charge on any atom is -0.349 e. The van der Waals surface area contributed by atoms with Crippen LogP contribution >= 0.6 is 23.2 Å². The summed E-state index contributed by atoms with van der Waals surface area (Å²) in [7, 11) is 0. The van der Waals surface area contributed by atoms with Crippen molar-refractivity contribution in [2.75, 3.05) is 11.8 Å². The highest BCUT2D eigenvalue weighted by Gasteiger charge is 2.23. The molecule has 0 rings (SSSR count). The average molecular weight is 296 g/mol. The van der Waals surface area contributed by atoms with Gasteiger partial charge in [0.2, 0.25) is 5.91 Å². The van der Waals surface area contributed by atoms with Crippen molar-refractivity contribution in [2.45, 2.75) is 70.8 Å². The van der Waals surface area contributed by atoms with Gasteiger partial charge >= 0.3 is 0 Å². The van der Waals surface area contributed by atoms with Gasteiger partial charge in [-0.25, -0.2) is 0 Å². The predicted molar refractivity (Wildman–Crippen MR) is 80.6 cm³/mol. The summed E-state index contributed by atoms with van der Waals surface area (Å²) in [5.74, 6) is 0.755. The minimum atomic E-state index is -0.471. The van der Waals surface area contributed by atoms with E-state index in [0.29, 0.717) is 18.2 Å². The van der Waals surface area contributed by atoms with Crippen molar-refractivity contribution in [1.82, 2.24) is 5.32 Å². The molecular weight excluding hydrogens is 269 g/mol. The molecule has 0 saturated heterocycles. The summed E-state index contributed by atoms with van der Waals surface area (Å²) in [6.07, 6.45) is 9.11. The number of unbranched alkanes of at least 4 members (excludes halogenated alkanes) is 6. The summed E-state index contributed by atoms with van der Waals surface area (Å²) in [6.45, 7) is 4.09. The number of hydrogen-bond donors (Lipinski definition) is 1. The first kappa shape index (κ1) is 18.0. The zero-order valence-electron chi connectivity index (χ0n) is 11.7. The summed E-state index contributed by atoms with van der Waals surface area (Å²) in [6, 6.07) is 0. The van der Waals surface area contributed by atoms with E-state index in [4.69, 9.17) is 23.2 Å². The first-order valence-corrected chi connectivity index (χ1v) is 8.08. The van der Waals surface area contributed by atoms with Gasteiger partial charge in [-0.05, 0) is 13.3 Å². The molecule has 2 nitrogen and oxygen atoms in total. The molecule has 0 aromatic heterocycles. The lowest BCUT2D eigenvalue weighted by atomic mass is 10.1. The number of halogens is 2. The van der Waals surface area contributed by atoms with Crippen LogP contribution in [0.1, 0.15) is 65.2 Å². The van der Waals surface area contributed by atoms with E-state index in [-0.39, 0.29) is 5.91 Å². The van der Waals surface area contributed by atoms with Gasteiger partial charge in [0, 0.05) is 18.2 Å². The van der Waals surface area contributed by atoms with Gasteiger partial charge in [-0.2, -0.15) is 0 Å². The lowest BCUT2D eigenvalue weighted by molar-refractivity contribution is -0.122. The fourth-order valence-corrected chi connectivity index (χ4v) is 2.16. The molecule has 0 fully saturated rings. The van der Waals surface area contributed by atoms with E-state index in [1.807, 2.05) is 6.92 Å². The SMILES string of the molecule is CCCCCCCCCC(=O)NC(C)(CCl)CCl. The number of hydrogen-bond acceptors (Lipinski definition) is 1. The molecule has 0 unspecified atom stereocenters. The third-order valence-electron chi connectivity index (χ3n) is 3.04. The minimum absolute atomic E-state index is 0.0624. The molecule has 1 N–H and O–H groups in total. The van der Waals surface area contributed by atoms with Crippen molar-refractivity contribution in [3.05, 3.63) is 0 Å². The molecule has 108 valence electrons. The maximum Gasteiger partial charge on any atom is 0.220 e. The monoisotopic (exact) mass is 295 g/mol. The number of carbonyl (C=O) groups excluding carboxylic acids is 1.